The Hall–Kier alpha value is -1.00. The van der Waals surface area contributed by atoms with E-state index in [-0.39, 0.29) is 5.92 Å². The van der Waals surface area contributed by atoms with E-state index in [0.29, 0.717) is 30.8 Å². The molecule has 3 unspecified atom stereocenters. The van der Waals surface area contributed by atoms with Gasteiger partial charge in [-0.25, -0.2) is 0 Å². The van der Waals surface area contributed by atoms with Gasteiger partial charge >= 0.3 is 6.18 Å². The van der Waals surface area contributed by atoms with E-state index in [0.717, 1.165) is 19.3 Å². The molecule has 0 aromatic heterocycles. The first-order valence-electron chi connectivity index (χ1n) is 6.89. The molecular formula is C14H19F3O2. The third-order valence-electron chi connectivity index (χ3n) is 4.51. The second-order valence-electron chi connectivity index (χ2n) is 5.74. The van der Waals surface area contributed by atoms with Crippen LogP contribution in [0.15, 0.2) is 11.8 Å². The molecule has 0 saturated heterocycles. The van der Waals surface area contributed by atoms with E-state index in [1.54, 1.807) is 0 Å². The molecule has 2 saturated carbocycles. The summed E-state index contributed by atoms with van der Waals surface area (Å²) in [5.41, 5.74) is 0. The largest absolute Gasteiger partial charge is 0.504 e. The molecule has 3 atom stereocenters. The third kappa shape index (κ3) is 3.51. The Balaban J connectivity index is 1.97. The monoisotopic (exact) mass is 276 g/mol. The van der Waals surface area contributed by atoms with Crippen LogP contribution in [-0.4, -0.2) is 17.1 Å². The lowest BCUT2D eigenvalue weighted by Gasteiger charge is -2.38. The number of hydrogen-bond acceptors (Lipinski definition) is 2. The van der Waals surface area contributed by atoms with Crippen LogP contribution in [-0.2, 0) is 4.79 Å². The first-order chi connectivity index (χ1) is 8.88. The van der Waals surface area contributed by atoms with Crippen LogP contribution in [0.1, 0.15) is 44.9 Å². The molecule has 5 heteroatoms. The predicted octanol–water partition coefficient (Wildman–Crippen LogP) is 4.17. The number of halogens is 3. The number of rotatable bonds is 2. The van der Waals surface area contributed by atoms with Crippen molar-refractivity contribution in [3.8, 4) is 0 Å². The van der Waals surface area contributed by atoms with Gasteiger partial charge in [-0.15, -0.1) is 0 Å². The molecule has 0 radical (unpaired) electrons. The summed E-state index contributed by atoms with van der Waals surface area (Å²) in [6, 6.07) is 0. The van der Waals surface area contributed by atoms with Gasteiger partial charge < -0.3 is 5.11 Å². The van der Waals surface area contributed by atoms with E-state index >= 15 is 0 Å². The molecule has 0 aliphatic heterocycles. The summed E-state index contributed by atoms with van der Waals surface area (Å²) >= 11 is 0. The molecule has 2 aliphatic carbocycles. The van der Waals surface area contributed by atoms with Crippen LogP contribution in [0.4, 0.5) is 13.2 Å². The van der Waals surface area contributed by atoms with Gasteiger partial charge in [-0.3, -0.25) is 4.79 Å². The van der Waals surface area contributed by atoms with Crippen molar-refractivity contribution < 1.29 is 23.1 Å². The van der Waals surface area contributed by atoms with E-state index in [9.17, 15) is 18.0 Å². The van der Waals surface area contributed by atoms with Crippen molar-refractivity contribution in [2.75, 3.05) is 0 Å². The Morgan fingerprint density at radius 2 is 1.68 bits per heavy atom. The van der Waals surface area contributed by atoms with Crippen molar-refractivity contribution in [1.29, 1.82) is 0 Å². The fraction of sp³-hybridized carbons (Fsp3) is 0.786. The van der Waals surface area contributed by atoms with E-state index < -0.39 is 17.7 Å². The fourth-order valence-electron chi connectivity index (χ4n) is 3.47. The number of allylic oxidation sites excluding steroid dienone is 2. The summed E-state index contributed by atoms with van der Waals surface area (Å²) in [6.07, 6.45) is 2.49. The number of carbonyl (C=O) groups is 1. The Kier molecular flexibility index (Phi) is 4.21. The lowest BCUT2D eigenvalue weighted by molar-refractivity contribution is -0.128. The number of aliphatic hydroxyl groups excluding tert-OH is 1. The predicted molar refractivity (Wildman–Crippen MR) is 64.6 cm³/mol. The zero-order chi connectivity index (χ0) is 14.0. The maximum atomic E-state index is 12.2. The Morgan fingerprint density at radius 1 is 1.05 bits per heavy atom. The van der Waals surface area contributed by atoms with E-state index in [1.165, 1.54) is 12.8 Å². The van der Waals surface area contributed by atoms with Crippen molar-refractivity contribution >= 4 is 5.78 Å². The Labute approximate surface area is 110 Å². The molecule has 2 aliphatic rings. The van der Waals surface area contributed by atoms with E-state index in [1.807, 2.05) is 0 Å². The summed E-state index contributed by atoms with van der Waals surface area (Å²) in [7, 11) is 0. The number of aliphatic hydroxyl groups is 1. The highest BCUT2D eigenvalue weighted by Gasteiger charge is 2.37. The molecule has 2 fully saturated rings. The normalized spacial score (nSPS) is 32.8. The number of fused-ring (bicyclic) bond motifs is 1. The average molecular weight is 276 g/mol. The highest BCUT2D eigenvalue weighted by molar-refractivity contribution is 5.92. The highest BCUT2D eigenvalue weighted by atomic mass is 19.4. The maximum absolute atomic E-state index is 12.2. The van der Waals surface area contributed by atoms with Crippen molar-refractivity contribution in [3.05, 3.63) is 11.8 Å². The van der Waals surface area contributed by atoms with E-state index in [4.69, 9.17) is 5.11 Å². The lowest BCUT2D eigenvalue weighted by atomic mass is 9.67. The van der Waals surface area contributed by atoms with Crippen LogP contribution in [0.25, 0.3) is 0 Å². The number of ketones is 1. The molecule has 1 N–H and O–H groups in total. The van der Waals surface area contributed by atoms with Crippen molar-refractivity contribution in [3.63, 3.8) is 0 Å². The minimum absolute atomic E-state index is 0.344. The number of alkyl halides is 3. The topological polar surface area (TPSA) is 37.3 Å². The fourth-order valence-corrected chi connectivity index (χ4v) is 3.47. The van der Waals surface area contributed by atoms with Gasteiger partial charge in [0.2, 0.25) is 5.76 Å². The Bertz CT molecular complexity index is 373. The van der Waals surface area contributed by atoms with Gasteiger partial charge in [-0.2, -0.15) is 13.2 Å². The summed E-state index contributed by atoms with van der Waals surface area (Å²) in [4.78, 5) is 11.8. The number of hydrogen-bond donors (Lipinski definition) is 1. The molecular weight excluding hydrogens is 257 g/mol. The summed E-state index contributed by atoms with van der Waals surface area (Å²) in [5.74, 6) is -1.55. The summed E-state index contributed by atoms with van der Waals surface area (Å²) < 4.78 is 36.5. The summed E-state index contributed by atoms with van der Waals surface area (Å²) in [6.45, 7) is 0. The quantitative estimate of drug-likeness (QED) is 0.607. The molecule has 0 aromatic rings. The minimum Gasteiger partial charge on any atom is -0.504 e. The smallest absolute Gasteiger partial charge is 0.448 e. The first kappa shape index (κ1) is 14.4. The minimum atomic E-state index is -4.82. The van der Waals surface area contributed by atoms with Gasteiger partial charge in [-0.1, -0.05) is 25.7 Å². The second-order valence-corrected chi connectivity index (χ2v) is 5.74. The van der Waals surface area contributed by atoms with Crippen LogP contribution in [0, 0.1) is 17.8 Å². The van der Waals surface area contributed by atoms with Crippen LogP contribution < -0.4 is 0 Å². The SMILES string of the molecule is O=C(/C=C(\O)C(F)(F)F)C1CCC2CCCCC2C1. The molecule has 0 aromatic carbocycles. The van der Waals surface area contributed by atoms with Gasteiger partial charge in [0.25, 0.3) is 0 Å². The molecule has 108 valence electrons. The molecule has 0 amide bonds. The zero-order valence-electron chi connectivity index (χ0n) is 10.7. The molecule has 0 heterocycles. The zero-order valence-corrected chi connectivity index (χ0v) is 10.7. The van der Waals surface area contributed by atoms with Crippen molar-refractivity contribution in [2.24, 2.45) is 17.8 Å². The third-order valence-corrected chi connectivity index (χ3v) is 4.51. The molecule has 0 spiro atoms. The molecule has 2 nitrogen and oxygen atoms in total. The summed E-state index contributed by atoms with van der Waals surface area (Å²) in [5, 5.41) is 8.83. The van der Waals surface area contributed by atoms with Gasteiger partial charge in [-0.05, 0) is 31.1 Å². The van der Waals surface area contributed by atoms with Gasteiger partial charge in [0.05, 0.1) is 0 Å². The molecule has 2 rings (SSSR count). The molecule has 0 bridgehead atoms. The van der Waals surface area contributed by atoms with Crippen LogP contribution >= 0.6 is 0 Å². The standard InChI is InChI=1S/C14H19F3O2/c15-14(16,17)13(19)8-12(18)11-6-5-9-3-1-2-4-10(9)7-11/h8-11,19H,1-7H2/b13-8-. The highest BCUT2D eigenvalue weighted by Crippen LogP contribution is 2.43. The van der Waals surface area contributed by atoms with Crippen LogP contribution in [0.5, 0.6) is 0 Å². The average Bonchev–Trinajstić information content (AvgIpc) is 2.37. The lowest BCUT2D eigenvalue weighted by Crippen LogP contribution is -2.31. The van der Waals surface area contributed by atoms with Crippen LogP contribution in [0.3, 0.4) is 0 Å². The maximum Gasteiger partial charge on any atom is 0.448 e. The van der Waals surface area contributed by atoms with Crippen molar-refractivity contribution in [2.45, 2.75) is 51.1 Å². The van der Waals surface area contributed by atoms with Gasteiger partial charge in [0, 0.05) is 12.0 Å². The first-order valence-corrected chi connectivity index (χ1v) is 6.89. The van der Waals surface area contributed by atoms with Crippen LogP contribution in [0.2, 0.25) is 0 Å². The molecule has 19 heavy (non-hydrogen) atoms. The Morgan fingerprint density at radius 3 is 2.32 bits per heavy atom. The van der Waals surface area contributed by atoms with Gasteiger partial charge in [0.1, 0.15) is 0 Å². The van der Waals surface area contributed by atoms with E-state index in [2.05, 4.69) is 0 Å². The second kappa shape index (κ2) is 5.55. The van der Waals surface area contributed by atoms with Crippen molar-refractivity contribution in [1.82, 2.24) is 0 Å². The van der Waals surface area contributed by atoms with Gasteiger partial charge in [0.15, 0.2) is 5.78 Å². The number of carbonyl (C=O) groups excluding carboxylic acids is 1.